The van der Waals surface area contributed by atoms with Crippen LogP contribution in [0.1, 0.15) is 18.7 Å². The van der Waals surface area contributed by atoms with Crippen molar-refractivity contribution in [2.45, 2.75) is 19.3 Å². The maximum Gasteiger partial charge on any atom is 0.234 e. The van der Waals surface area contributed by atoms with E-state index in [1.807, 2.05) is 6.07 Å². The van der Waals surface area contributed by atoms with Crippen molar-refractivity contribution in [1.29, 1.82) is 0 Å². The molecule has 0 unspecified atom stereocenters. The van der Waals surface area contributed by atoms with Crippen LogP contribution in [0.15, 0.2) is 25.7 Å². The van der Waals surface area contributed by atoms with Gasteiger partial charge in [0.05, 0.1) is 6.42 Å². The molecule has 0 atom stereocenters. The van der Waals surface area contributed by atoms with E-state index in [2.05, 4.69) is 47.0 Å². The highest BCUT2D eigenvalue weighted by Gasteiger charge is 2.30. The Morgan fingerprint density at radius 2 is 2.21 bits per heavy atom. The summed E-state index contributed by atoms with van der Waals surface area (Å²) in [5, 5.41) is 3.86. The van der Waals surface area contributed by atoms with Crippen LogP contribution in [0.25, 0.3) is 11.5 Å². The number of ketones is 1. The van der Waals surface area contributed by atoms with Crippen molar-refractivity contribution in [3.63, 3.8) is 0 Å². The number of Topliss-reactive ketones (excluding diaryl/α,β-unsaturated/α-hetero) is 1. The van der Waals surface area contributed by atoms with E-state index < -0.39 is 0 Å². The molecule has 0 aromatic carbocycles. The standard InChI is InChI=1S/C12H9Br2N3O2/c13-7-3-8(14)11(15-5-7)12-16-10(19-17-12)4-9(18)6-1-2-6/h3,5-6H,1-2,4H2. The molecule has 1 aliphatic rings. The van der Waals surface area contributed by atoms with Gasteiger partial charge in [0.2, 0.25) is 11.7 Å². The van der Waals surface area contributed by atoms with Gasteiger partial charge in [-0.1, -0.05) is 5.16 Å². The van der Waals surface area contributed by atoms with Crippen LogP contribution in [-0.2, 0) is 11.2 Å². The number of halogens is 2. The van der Waals surface area contributed by atoms with Gasteiger partial charge >= 0.3 is 0 Å². The van der Waals surface area contributed by atoms with Crippen LogP contribution in [0.2, 0.25) is 0 Å². The zero-order chi connectivity index (χ0) is 13.4. The Morgan fingerprint density at radius 1 is 1.42 bits per heavy atom. The van der Waals surface area contributed by atoms with Crippen molar-refractivity contribution in [2.75, 3.05) is 0 Å². The Hall–Kier alpha value is -1.08. The fraction of sp³-hybridized carbons (Fsp3) is 0.333. The second kappa shape index (κ2) is 5.13. The number of nitrogens with zero attached hydrogens (tertiary/aromatic N) is 3. The van der Waals surface area contributed by atoms with Gasteiger partial charge in [0.1, 0.15) is 11.5 Å². The molecule has 1 saturated carbocycles. The summed E-state index contributed by atoms with van der Waals surface area (Å²) < 4.78 is 6.72. The molecular weight excluding hydrogens is 378 g/mol. The van der Waals surface area contributed by atoms with Gasteiger partial charge in [0.25, 0.3) is 0 Å². The second-order valence-corrected chi connectivity index (χ2v) is 6.18. The van der Waals surface area contributed by atoms with E-state index >= 15 is 0 Å². The SMILES string of the molecule is O=C(Cc1nc(-c2ncc(Br)cc2Br)no1)C1CC1. The number of carbonyl (C=O) groups excluding carboxylic acids is 1. The fourth-order valence-electron chi connectivity index (χ4n) is 1.70. The molecule has 0 bridgehead atoms. The molecular formula is C12H9Br2N3O2. The molecule has 1 fully saturated rings. The highest BCUT2D eigenvalue weighted by molar-refractivity contribution is 9.11. The van der Waals surface area contributed by atoms with Crippen LogP contribution in [-0.4, -0.2) is 20.9 Å². The summed E-state index contributed by atoms with van der Waals surface area (Å²) in [6.45, 7) is 0. The monoisotopic (exact) mass is 385 g/mol. The van der Waals surface area contributed by atoms with Crippen LogP contribution in [0, 0.1) is 5.92 Å². The number of rotatable bonds is 4. The van der Waals surface area contributed by atoms with Gasteiger partial charge in [0, 0.05) is 21.1 Å². The summed E-state index contributed by atoms with van der Waals surface area (Å²) in [5.74, 6) is 1.12. The predicted molar refractivity (Wildman–Crippen MR) is 74.4 cm³/mol. The summed E-state index contributed by atoms with van der Waals surface area (Å²) in [7, 11) is 0. The molecule has 0 saturated heterocycles. The molecule has 2 aromatic heterocycles. The Bertz CT molecular complexity index is 638. The minimum atomic E-state index is 0.179. The highest BCUT2D eigenvalue weighted by Crippen LogP contribution is 2.31. The first-order chi connectivity index (χ1) is 9.13. The van der Waals surface area contributed by atoms with E-state index in [0.717, 1.165) is 21.8 Å². The third kappa shape index (κ3) is 2.92. The molecule has 0 N–H and O–H groups in total. The van der Waals surface area contributed by atoms with Crippen molar-refractivity contribution >= 4 is 37.6 Å². The van der Waals surface area contributed by atoms with Crippen LogP contribution < -0.4 is 0 Å². The van der Waals surface area contributed by atoms with Gasteiger partial charge in [-0.15, -0.1) is 0 Å². The smallest absolute Gasteiger partial charge is 0.234 e. The van der Waals surface area contributed by atoms with Crippen molar-refractivity contribution in [3.05, 3.63) is 27.1 Å². The number of hydrogen-bond acceptors (Lipinski definition) is 5. The summed E-state index contributed by atoms with van der Waals surface area (Å²) in [6.07, 6.45) is 3.84. The number of aromatic nitrogens is 3. The van der Waals surface area contributed by atoms with Gasteiger partial charge in [-0.2, -0.15) is 4.98 Å². The maximum atomic E-state index is 11.7. The van der Waals surface area contributed by atoms with Crippen molar-refractivity contribution in [2.24, 2.45) is 5.92 Å². The molecule has 1 aliphatic carbocycles. The predicted octanol–water partition coefficient (Wildman–Crippen LogP) is 3.18. The average Bonchev–Trinajstić information content (AvgIpc) is 3.11. The first-order valence-electron chi connectivity index (χ1n) is 5.80. The lowest BCUT2D eigenvalue weighted by molar-refractivity contribution is -0.119. The topological polar surface area (TPSA) is 68.9 Å². The van der Waals surface area contributed by atoms with Crippen LogP contribution >= 0.6 is 31.9 Å². The average molecular weight is 387 g/mol. The Kier molecular flexibility index (Phi) is 3.49. The van der Waals surface area contributed by atoms with E-state index in [0.29, 0.717) is 17.4 Å². The van der Waals surface area contributed by atoms with Crippen LogP contribution in [0.4, 0.5) is 0 Å². The summed E-state index contributed by atoms with van der Waals surface area (Å²) in [6, 6.07) is 1.85. The van der Waals surface area contributed by atoms with Crippen molar-refractivity contribution < 1.29 is 9.32 Å². The van der Waals surface area contributed by atoms with E-state index in [9.17, 15) is 4.79 Å². The molecule has 19 heavy (non-hydrogen) atoms. The first kappa shape index (κ1) is 12.9. The van der Waals surface area contributed by atoms with Gasteiger partial charge in [0.15, 0.2) is 0 Å². The largest absolute Gasteiger partial charge is 0.338 e. The summed E-state index contributed by atoms with van der Waals surface area (Å²) in [4.78, 5) is 20.1. The normalized spacial score (nSPS) is 14.6. The van der Waals surface area contributed by atoms with Crippen LogP contribution in [0.3, 0.4) is 0 Å². The maximum absolute atomic E-state index is 11.7. The van der Waals surface area contributed by atoms with Crippen LogP contribution in [0.5, 0.6) is 0 Å². The zero-order valence-electron chi connectivity index (χ0n) is 9.77. The fourth-order valence-corrected chi connectivity index (χ4v) is 2.87. The molecule has 0 spiro atoms. The molecule has 2 aromatic rings. The van der Waals surface area contributed by atoms with E-state index in [1.165, 1.54) is 0 Å². The summed E-state index contributed by atoms with van der Waals surface area (Å²) >= 11 is 6.72. The van der Waals surface area contributed by atoms with E-state index in [1.54, 1.807) is 6.20 Å². The molecule has 0 amide bonds. The quantitative estimate of drug-likeness (QED) is 0.807. The highest BCUT2D eigenvalue weighted by atomic mass is 79.9. The Labute approximate surface area is 126 Å². The van der Waals surface area contributed by atoms with Gasteiger partial charge in [-0.25, -0.2) is 0 Å². The Balaban J connectivity index is 1.81. The van der Waals surface area contributed by atoms with E-state index in [-0.39, 0.29) is 18.1 Å². The number of hydrogen-bond donors (Lipinski definition) is 0. The van der Waals surface area contributed by atoms with E-state index in [4.69, 9.17) is 4.52 Å². The number of carbonyl (C=O) groups is 1. The van der Waals surface area contributed by atoms with Gasteiger partial charge < -0.3 is 4.52 Å². The molecule has 5 nitrogen and oxygen atoms in total. The lowest BCUT2D eigenvalue weighted by Crippen LogP contribution is -2.04. The molecule has 3 rings (SSSR count). The Morgan fingerprint density at radius 3 is 2.89 bits per heavy atom. The molecule has 7 heteroatoms. The number of pyridine rings is 1. The van der Waals surface area contributed by atoms with Crippen molar-refractivity contribution in [3.8, 4) is 11.5 Å². The van der Waals surface area contributed by atoms with Gasteiger partial charge in [-0.05, 0) is 50.8 Å². The van der Waals surface area contributed by atoms with Gasteiger partial charge in [-0.3, -0.25) is 9.78 Å². The lowest BCUT2D eigenvalue weighted by Gasteiger charge is -1.97. The summed E-state index contributed by atoms with van der Waals surface area (Å²) in [5.41, 5.74) is 0.595. The third-order valence-corrected chi connectivity index (χ3v) is 3.88. The first-order valence-corrected chi connectivity index (χ1v) is 7.39. The molecule has 2 heterocycles. The van der Waals surface area contributed by atoms with Crippen molar-refractivity contribution in [1.82, 2.24) is 15.1 Å². The zero-order valence-corrected chi connectivity index (χ0v) is 12.9. The second-order valence-electron chi connectivity index (χ2n) is 4.41. The lowest BCUT2D eigenvalue weighted by atomic mass is 10.2. The molecule has 98 valence electrons. The molecule has 0 aliphatic heterocycles. The minimum absolute atomic E-state index is 0.179. The minimum Gasteiger partial charge on any atom is -0.338 e. The molecule has 0 radical (unpaired) electrons. The third-order valence-electron chi connectivity index (χ3n) is 2.85.